The van der Waals surface area contributed by atoms with Crippen molar-refractivity contribution in [1.29, 1.82) is 0 Å². The number of benzene rings is 2. The maximum Gasteiger partial charge on any atom is 0.228 e. The molecule has 0 bridgehead atoms. The van der Waals surface area contributed by atoms with Gasteiger partial charge in [-0.2, -0.15) is 0 Å². The summed E-state index contributed by atoms with van der Waals surface area (Å²) >= 11 is 6.24. The Morgan fingerprint density at radius 3 is 2.92 bits per heavy atom. The van der Waals surface area contributed by atoms with Crippen molar-refractivity contribution in [3.8, 4) is 11.5 Å². The summed E-state index contributed by atoms with van der Waals surface area (Å²) in [6.07, 6.45) is 1.29. The van der Waals surface area contributed by atoms with Gasteiger partial charge in [-0.15, -0.1) is 0 Å². The highest BCUT2D eigenvalue weighted by molar-refractivity contribution is 6.32. The molecule has 2 aliphatic heterocycles. The molecule has 0 fully saturated rings. The highest BCUT2D eigenvalue weighted by Crippen LogP contribution is 2.38. The molecule has 1 N–H and O–H groups in total. The van der Waals surface area contributed by atoms with Crippen molar-refractivity contribution in [3.63, 3.8) is 0 Å². The maximum atomic E-state index is 12.5. The normalized spacial score (nSPS) is 14.9. The van der Waals surface area contributed by atoms with E-state index in [2.05, 4.69) is 29.3 Å². The molecule has 26 heavy (non-hydrogen) atoms. The van der Waals surface area contributed by atoms with Gasteiger partial charge in [-0.25, -0.2) is 0 Å². The third-order valence-corrected chi connectivity index (χ3v) is 5.04. The Hall–Kier alpha value is -2.40. The number of rotatable bonds is 4. The third kappa shape index (κ3) is 3.31. The smallest absolute Gasteiger partial charge is 0.228 e. The molecule has 136 valence electrons. The first-order valence-corrected chi connectivity index (χ1v) is 9.27. The number of fused-ring (bicyclic) bond motifs is 2. The standard InChI is InChI=1S/C20H21ClN2O3/c1-2-23-6-5-14-3-4-15(12-17(14)23)22-19(24)11-13-9-16(21)20-18(10-13)25-7-8-26-20/h3-4,9-10,12H,2,5-8,11H2,1H3,(H,22,24). The van der Waals surface area contributed by atoms with Crippen LogP contribution in [-0.2, 0) is 17.6 Å². The molecule has 0 atom stereocenters. The molecule has 5 nitrogen and oxygen atoms in total. The number of carbonyl (C=O) groups excluding carboxylic acids is 1. The monoisotopic (exact) mass is 372 g/mol. The summed E-state index contributed by atoms with van der Waals surface area (Å²) in [6, 6.07) is 9.70. The molecular weight excluding hydrogens is 352 g/mol. The predicted molar refractivity (Wildman–Crippen MR) is 103 cm³/mol. The van der Waals surface area contributed by atoms with Gasteiger partial charge in [-0.1, -0.05) is 17.7 Å². The number of nitrogens with one attached hydrogen (secondary N) is 1. The van der Waals surface area contributed by atoms with Crippen LogP contribution >= 0.6 is 11.6 Å². The van der Waals surface area contributed by atoms with Crippen LogP contribution in [0.5, 0.6) is 11.5 Å². The number of carbonyl (C=O) groups is 1. The van der Waals surface area contributed by atoms with Crippen molar-refractivity contribution in [2.75, 3.05) is 36.5 Å². The fourth-order valence-electron chi connectivity index (χ4n) is 3.51. The zero-order valence-electron chi connectivity index (χ0n) is 14.7. The molecule has 0 aliphatic carbocycles. The molecule has 0 aromatic heterocycles. The average molecular weight is 373 g/mol. The zero-order chi connectivity index (χ0) is 18.1. The van der Waals surface area contributed by atoms with Crippen LogP contribution in [0.4, 0.5) is 11.4 Å². The quantitative estimate of drug-likeness (QED) is 0.889. The summed E-state index contributed by atoms with van der Waals surface area (Å²) in [7, 11) is 0. The van der Waals surface area contributed by atoms with E-state index in [1.165, 1.54) is 11.3 Å². The Morgan fingerprint density at radius 2 is 2.08 bits per heavy atom. The molecule has 0 saturated carbocycles. The van der Waals surface area contributed by atoms with E-state index in [1.807, 2.05) is 12.1 Å². The Morgan fingerprint density at radius 1 is 1.23 bits per heavy atom. The topological polar surface area (TPSA) is 50.8 Å². The van der Waals surface area contributed by atoms with Crippen molar-refractivity contribution in [2.24, 2.45) is 0 Å². The second-order valence-corrected chi connectivity index (χ2v) is 6.91. The number of likely N-dealkylation sites (N-methyl/N-ethyl adjacent to an activating group) is 1. The Labute approximate surface area is 157 Å². The van der Waals surface area contributed by atoms with Gasteiger partial charge in [0.05, 0.1) is 11.4 Å². The van der Waals surface area contributed by atoms with E-state index in [9.17, 15) is 4.79 Å². The van der Waals surface area contributed by atoms with Crippen molar-refractivity contribution >= 4 is 28.9 Å². The Balaban J connectivity index is 1.47. The van der Waals surface area contributed by atoms with Crippen molar-refractivity contribution in [1.82, 2.24) is 0 Å². The maximum absolute atomic E-state index is 12.5. The van der Waals surface area contributed by atoms with Gasteiger partial charge in [-0.05, 0) is 48.7 Å². The largest absolute Gasteiger partial charge is 0.486 e. The summed E-state index contributed by atoms with van der Waals surface area (Å²) in [5.41, 5.74) is 4.17. The number of hydrogen-bond donors (Lipinski definition) is 1. The minimum absolute atomic E-state index is 0.0845. The van der Waals surface area contributed by atoms with Crippen molar-refractivity contribution < 1.29 is 14.3 Å². The fourth-order valence-corrected chi connectivity index (χ4v) is 3.80. The third-order valence-electron chi connectivity index (χ3n) is 4.76. The van der Waals surface area contributed by atoms with Gasteiger partial charge in [0.25, 0.3) is 0 Å². The van der Waals surface area contributed by atoms with E-state index in [0.29, 0.717) is 29.7 Å². The SMILES string of the molecule is CCN1CCc2ccc(NC(=O)Cc3cc(Cl)c4c(c3)OCCO4)cc21. The first-order chi connectivity index (χ1) is 12.6. The lowest BCUT2D eigenvalue weighted by atomic mass is 10.1. The predicted octanol–water partition coefficient (Wildman–Crippen LogP) is 3.67. The molecule has 2 heterocycles. The number of halogens is 1. The van der Waals surface area contributed by atoms with Crippen molar-refractivity contribution in [2.45, 2.75) is 19.8 Å². The van der Waals surface area contributed by atoms with Gasteiger partial charge in [0, 0.05) is 24.5 Å². The van der Waals surface area contributed by atoms with E-state index >= 15 is 0 Å². The number of amides is 1. The van der Waals surface area contributed by atoms with Crippen LogP contribution in [0.1, 0.15) is 18.1 Å². The molecule has 0 saturated heterocycles. The average Bonchev–Trinajstić information content (AvgIpc) is 3.04. The molecular formula is C20H21ClN2O3. The summed E-state index contributed by atoms with van der Waals surface area (Å²) in [5, 5.41) is 3.46. The van der Waals surface area contributed by atoms with E-state index < -0.39 is 0 Å². The highest BCUT2D eigenvalue weighted by atomic mass is 35.5. The highest BCUT2D eigenvalue weighted by Gasteiger charge is 2.19. The lowest BCUT2D eigenvalue weighted by Crippen LogP contribution is -2.20. The minimum Gasteiger partial charge on any atom is -0.486 e. The number of anilines is 2. The van der Waals surface area contributed by atoms with Crippen LogP contribution in [0.2, 0.25) is 5.02 Å². The van der Waals surface area contributed by atoms with Gasteiger partial charge < -0.3 is 19.7 Å². The zero-order valence-corrected chi connectivity index (χ0v) is 15.4. The van der Waals surface area contributed by atoms with Gasteiger partial charge in [0.15, 0.2) is 11.5 Å². The van der Waals surface area contributed by atoms with Crippen molar-refractivity contribution in [3.05, 3.63) is 46.5 Å². The van der Waals surface area contributed by atoms with Gasteiger partial charge in [0.2, 0.25) is 5.91 Å². The molecule has 2 aromatic rings. The molecule has 2 aliphatic rings. The van der Waals surface area contributed by atoms with Gasteiger partial charge in [0.1, 0.15) is 13.2 Å². The summed E-state index contributed by atoms with van der Waals surface area (Å²) in [4.78, 5) is 14.8. The van der Waals surface area contributed by atoms with E-state index in [0.717, 1.165) is 30.8 Å². The second kappa shape index (κ2) is 7.08. The van der Waals surface area contributed by atoms with Crippen LogP contribution in [0.25, 0.3) is 0 Å². The molecule has 0 unspecified atom stereocenters. The summed E-state index contributed by atoms with van der Waals surface area (Å²) in [6.45, 7) is 5.13. The van der Waals surface area contributed by atoms with Gasteiger partial charge >= 0.3 is 0 Å². The lowest BCUT2D eigenvalue weighted by Gasteiger charge is -2.20. The van der Waals surface area contributed by atoms with Crippen LogP contribution in [0.15, 0.2) is 30.3 Å². The summed E-state index contributed by atoms with van der Waals surface area (Å²) < 4.78 is 11.1. The van der Waals surface area contributed by atoms with E-state index in [4.69, 9.17) is 21.1 Å². The first-order valence-electron chi connectivity index (χ1n) is 8.90. The number of ether oxygens (including phenoxy) is 2. The van der Waals surface area contributed by atoms with Crippen LogP contribution in [0.3, 0.4) is 0 Å². The molecule has 0 radical (unpaired) electrons. The summed E-state index contributed by atoms with van der Waals surface area (Å²) in [5.74, 6) is 1.07. The Kier molecular flexibility index (Phi) is 4.64. The molecule has 2 aromatic carbocycles. The van der Waals surface area contributed by atoms with Gasteiger partial charge in [-0.3, -0.25) is 4.79 Å². The molecule has 0 spiro atoms. The van der Waals surface area contributed by atoms with E-state index in [-0.39, 0.29) is 12.3 Å². The number of nitrogens with zero attached hydrogens (tertiary/aromatic N) is 1. The second-order valence-electron chi connectivity index (χ2n) is 6.50. The molecule has 4 rings (SSSR count). The fraction of sp³-hybridized carbons (Fsp3) is 0.350. The lowest BCUT2D eigenvalue weighted by molar-refractivity contribution is -0.115. The van der Waals surface area contributed by atoms with Crippen LogP contribution in [0, 0.1) is 0 Å². The number of hydrogen-bond acceptors (Lipinski definition) is 4. The molecule has 1 amide bonds. The van der Waals surface area contributed by atoms with Crippen LogP contribution < -0.4 is 19.7 Å². The van der Waals surface area contributed by atoms with E-state index in [1.54, 1.807) is 6.07 Å². The first kappa shape index (κ1) is 17.0. The molecule has 6 heteroatoms. The van der Waals surface area contributed by atoms with Crippen LogP contribution in [-0.4, -0.2) is 32.2 Å². The Bertz CT molecular complexity index is 853. The minimum atomic E-state index is -0.0845.